The predicted molar refractivity (Wildman–Crippen MR) is 122 cm³/mol. The van der Waals surface area contributed by atoms with Crippen LogP contribution in [0.4, 0.5) is 5.82 Å². The van der Waals surface area contributed by atoms with E-state index in [1.807, 2.05) is 20.8 Å². The van der Waals surface area contributed by atoms with Crippen molar-refractivity contribution in [3.05, 3.63) is 40.2 Å². The van der Waals surface area contributed by atoms with Crippen molar-refractivity contribution in [2.75, 3.05) is 31.9 Å². The lowest BCUT2D eigenvalue weighted by Crippen LogP contribution is -2.50. The first kappa shape index (κ1) is 21.6. The highest BCUT2D eigenvalue weighted by Crippen LogP contribution is 2.36. The van der Waals surface area contributed by atoms with Crippen LogP contribution < -0.4 is 5.73 Å². The number of nitrogens with two attached hydrogens (primary N) is 1. The van der Waals surface area contributed by atoms with Crippen LogP contribution in [0.3, 0.4) is 0 Å². The number of benzene rings is 1. The fourth-order valence-corrected chi connectivity index (χ4v) is 4.25. The summed E-state index contributed by atoms with van der Waals surface area (Å²) in [6.07, 6.45) is 0. The SMILES string of the molecule is CC(=O)N1CCN(C(=O)c2c(N)n(-c3c(C)ccc(O)c3C)c3nc(C)c(C)nc23)CC1. The standard InChI is InChI=1S/C23H28N6O3/c1-12-6-7-17(31)13(2)20(12)29-21(24)18(19-22(29)26-15(4)14(3)25-19)23(32)28-10-8-27(9-11-28)16(5)30/h6-7,31H,8-11,24H2,1-5H3. The summed E-state index contributed by atoms with van der Waals surface area (Å²) in [6.45, 7) is 10.8. The minimum atomic E-state index is -0.234. The van der Waals surface area contributed by atoms with Crippen molar-refractivity contribution in [1.29, 1.82) is 0 Å². The maximum absolute atomic E-state index is 13.6. The number of fused-ring (bicyclic) bond motifs is 1. The Bertz CT molecular complexity index is 1250. The van der Waals surface area contributed by atoms with Crippen molar-refractivity contribution in [3.8, 4) is 11.4 Å². The molecule has 3 aromatic rings. The Labute approximate surface area is 186 Å². The van der Waals surface area contributed by atoms with Gasteiger partial charge in [0.25, 0.3) is 5.91 Å². The molecule has 0 bridgehead atoms. The van der Waals surface area contributed by atoms with Crippen LogP contribution in [0.15, 0.2) is 12.1 Å². The number of anilines is 1. The number of phenols is 1. The van der Waals surface area contributed by atoms with Crippen molar-refractivity contribution in [3.63, 3.8) is 0 Å². The van der Waals surface area contributed by atoms with Gasteiger partial charge in [-0.15, -0.1) is 0 Å². The number of amides is 2. The highest BCUT2D eigenvalue weighted by atomic mass is 16.3. The number of nitrogens with zero attached hydrogens (tertiary/aromatic N) is 5. The van der Waals surface area contributed by atoms with Crippen LogP contribution >= 0.6 is 0 Å². The summed E-state index contributed by atoms with van der Waals surface area (Å²) in [6, 6.07) is 3.44. The fourth-order valence-electron chi connectivity index (χ4n) is 4.25. The molecule has 2 aromatic heterocycles. The molecule has 0 radical (unpaired) electrons. The summed E-state index contributed by atoms with van der Waals surface area (Å²) in [5, 5.41) is 10.3. The topological polar surface area (TPSA) is 118 Å². The Hall–Kier alpha value is -3.62. The molecule has 0 atom stereocenters. The van der Waals surface area contributed by atoms with E-state index in [1.54, 1.807) is 33.4 Å². The van der Waals surface area contributed by atoms with Gasteiger partial charge in [-0.1, -0.05) is 6.07 Å². The Balaban J connectivity index is 1.91. The number of aromatic nitrogens is 3. The molecule has 3 heterocycles. The molecule has 168 valence electrons. The van der Waals surface area contributed by atoms with Gasteiger partial charge in [0.1, 0.15) is 22.6 Å². The molecule has 0 aliphatic carbocycles. The number of aryl methyl sites for hydroxylation is 3. The number of nitrogen functional groups attached to an aromatic ring is 1. The van der Waals surface area contributed by atoms with Gasteiger partial charge in [-0.25, -0.2) is 9.97 Å². The van der Waals surface area contributed by atoms with Crippen LogP contribution in [0.5, 0.6) is 5.75 Å². The molecule has 9 nitrogen and oxygen atoms in total. The predicted octanol–water partition coefficient (Wildman–Crippen LogP) is 2.25. The van der Waals surface area contributed by atoms with E-state index in [2.05, 4.69) is 4.98 Å². The second-order valence-electron chi connectivity index (χ2n) is 8.34. The summed E-state index contributed by atoms with van der Waals surface area (Å²) >= 11 is 0. The van der Waals surface area contributed by atoms with E-state index in [9.17, 15) is 14.7 Å². The molecule has 4 rings (SSSR count). The summed E-state index contributed by atoms with van der Waals surface area (Å²) in [4.78, 5) is 38.1. The molecule has 3 N–H and O–H groups in total. The quantitative estimate of drug-likeness (QED) is 0.636. The molecule has 0 saturated carbocycles. The molecule has 9 heteroatoms. The van der Waals surface area contributed by atoms with Gasteiger partial charge in [-0.2, -0.15) is 0 Å². The fraction of sp³-hybridized carbons (Fsp3) is 0.391. The summed E-state index contributed by atoms with van der Waals surface area (Å²) in [5.74, 6) is 0.139. The zero-order chi connectivity index (χ0) is 23.3. The van der Waals surface area contributed by atoms with Gasteiger partial charge in [0.05, 0.1) is 17.1 Å². The molecule has 1 aliphatic heterocycles. The lowest BCUT2D eigenvalue weighted by atomic mass is 10.1. The zero-order valence-corrected chi connectivity index (χ0v) is 19.1. The normalized spacial score (nSPS) is 14.3. The monoisotopic (exact) mass is 436 g/mol. The van der Waals surface area contributed by atoms with E-state index in [1.165, 1.54) is 6.92 Å². The smallest absolute Gasteiger partial charge is 0.260 e. The molecule has 0 spiro atoms. The number of carbonyl (C=O) groups is 2. The lowest BCUT2D eigenvalue weighted by Gasteiger charge is -2.34. The maximum Gasteiger partial charge on any atom is 0.260 e. The summed E-state index contributed by atoms with van der Waals surface area (Å²) in [5.41, 5.74) is 11.5. The first-order valence-electron chi connectivity index (χ1n) is 10.6. The number of rotatable bonds is 2. The average molecular weight is 437 g/mol. The van der Waals surface area contributed by atoms with Crippen molar-refractivity contribution in [2.24, 2.45) is 0 Å². The molecule has 1 aromatic carbocycles. The first-order chi connectivity index (χ1) is 15.1. The van der Waals surface area contributed by atoms with Gasteiger partial charge in [0.2, 0.25) is 5.91 Å². The number of hydrogen-bond donors (Lipinski definition) is 2. The van der Waals surface area contributed by atoms with E-state index in [0.717, 1.165) is 17.0 Å². The van der Waals surface area contributed by atoms with Gasteiger partial charge in [-0.3, -0.25) is 14.2 Å². The largest absolute Gasteiger partial charge is 0.508 e. The van der Waals surface area contributed by atoms with Crippen LogP contribution in [-0.2, 0) is 4.79 Å². The number of carbonyl (C=O) groups excluding carboxylic acids is 2. The van der Waals surface area contributed by atoms with Crippen LogP contribution in [0.1, 0.15) is 39.8 Å². The summed E-state index contributed by atoms with van der Waals surface area (Å²) in [7, 11) is 0. The van der Waals surface area contributed by atoms with Gasteiger partial charge in [0.15, 0.2) is 5.65 Å². The number of aromatic hydroxyl groups is 1. The molecule has 2 amide bonds. The molecule has 32 heavy (non-hydrogen) atoms. The second-order valence-corrected chi connectivity index (χ2v) is 8.34. The third kappa shape index (κ3) is 3.34. The molecule has 1 saturated heterocycles. The highest BCUT2D eigenvalue weighted by Gasteiger charge is 2.31. The minimum absolute atomic E-state index is 0.0000166. The van der Waals surface area contributed by atoms with E-state index in [-0.39, 0.29) is 23.4 Å². The highest BCUT2D eigenvalue weighted by molar-refractivity contribution is 6.10. The molecule has 1 aliphatic rings. The number of phenolic OH excluding ortho intramolecular Hbond substituents is 1. The maximum atomic E-state index is 13.6. The van der Waals surface area contributed by atoms with E-state index < -0.39 is 0 Å². The van der Waals surface area contributed by atoms with Crippen molar-refractivity contribution >= 4 is 28.8 Å². The van der Waals surface area contributed by atoms with Gasteiger partial charge >= 0.3 is 0 Å². The van der Waals surface area contributed by atoms with E-state index in [0.29, 0.717) is 54.2 Å². The van der Waals surface area contributed by atoms with Crippen molar-refractivity contribution < 1.29 is 14.7 Å². The van der Waals surface area contributed by atoms with Crippen molar-refractivity contribution in [2.45, 2.75) is 34.6 Å². The summed E-state index contributed by atoms with van der Waals surface area (Å²) < 4.78 is 1.72. The van der Waals surface area contributed by atoms with Crippen LogP contribution in [0.25, 0.3) is 16.9 Å². The zero-order valence-electron chi connectivity index (χ0n) is 19.1. The first-order valence-corrected chi connectivity index (χ1v) is 10.6. The average Bonchev–Trinajstić information content (AvgIpc) is 3.02. The minimum Gasteiger partial charge on any atom is -0.508 e. The van der Waals surface area contributed by atoms with Gasteiger partial charge in [-0.05, 0) is 39.3 Å². The second kappa shape index (κ2) is 7.81. The Kier molecular flexibility index (Phi) is 5.28. The molecule has 0 unspecified atom stereocenters. The van der Waals surface area contributed by atoms with Crippen LogP contribution in [0.2, 0.25) is 0 Å². The lowest BCUT2D eigenvalue weighted by molar-refractivity contribution is -0.130. The number of hydrogen-bond acceptors (Lipinski definition) is 6. The number of piperazine rings is 1. The third-order valence-corrected chi connectivity index (χ3v) is 6.29. The Morgan fingerprint density at radius 2 is 1.56 bits per heavy atom. The van der Waals surface area contributed by atoms with E-state index >= 15 is 0 Å². The Morgan fingerprint density at radius 1 is 0.969 bits per heavy atom. The van der Waals surface area contributed by atoms with Gasteiger partial charge < -0.3 is 20.6 Å². The van der Waals surface area contributed by atoms with Crippen LogP contribution in [-0.4, -0.2) is 67.4 Å². The molecular formula is C23H28N6O3. The van der Waals surface area contributed by atoms with E-state index in [4.69, 9.17) is 10.7 Å². The van der Waals surface area contributed by atoms with Crippen LogP contribution in [0, 0.1) is 27.7 Å². The molecule has 1 fully saturated rings. The van der Waals surface area contributed by atoms with Crippen molar-refractivity contribution in [1.82, 2.24) is 24.3 Å². The van der Waals surface area contributed by atoms with Gasteiger partial charge in [0, 0.05) is 38.7 Å². The third-order valence-electron chi connectivity index (χ3n) is 6.29. The Morgan fingerprint density at radius 3 is 2.19 bits per heavy atom. The molecular weight excluding hydrogens is 408 g/mol.